The van der Waals surface area contributed by atoms with Gasteiger partial charge in [-0.15, -0.1) is 0 Å². The SMILES string of the molecule is CCC(=O)N(C)CCN1CC(c2ccc3c(c2)OCO3)C(C(=O)O)C1c1ccc(OC)cc1.COc1ccc(C2C(C(=O)O)C(c3ccc4c(c3)OCO4)CN2CCN(C)C(=O)C(C)C)cc1. The minimum atomic E-state index is -0.849. The molecule has 2 fully saturated rings. The average molecular weight is 923 g/mol. The van der Waals surface area contributed by atoms with Crippen LogP contribution in [0.3, 0.4) is 0 Å². The van der Waals surface area contributed by atoms with Gasteiger partial charge >= 0.3 is 11.9 Å². The van der Waals surface area contributed by atoms with E-state index in [0.717, 1.165) is 33.8 Å². The molecule has 4 aliphatic rings. The zero-order valence-corrected chi connectivity index (χ0v) is 39.3. The Balaban J connectivity index is 0.000000199. The predicted molar refractivity (Wildman–Crippen MR) is 248 cm³/mol. The van der Waals surface area contributed by atoms with Crippen molar-refractivity contribution in [2.75, 3.05) is 81.2 Å². The number of nitrogens with zero attached hydrogens (tertiary/aromatic N) is 4. The minimum Gasteiger partial charge on any atom is -0.497 e. The highest BCUT2D eigenvalue weighted by molar-refractivity contribution is 5.78. The second-order valence-electron chi connectivity index (χ2n) is 17.7. The normalized spacial score (nSPS) is 21.7. The standard InChI is InChI=1S/C26H32N2O6.C25H30N2O6/c1-16(2)25(29)27(3)11-12-28-14-20(18-7-10-21-22(13-18)34-15-33-21)23(26(30)31)24(28)17-5-8-19(32-4)9-6-17;1-4-22(28)26(2)11-12-27-14-19(17-7-10-20-21(13-17)33-15-32-20)23(25(29)30)24(27)16-5-8-18(31-3)9-6-16/h5-10,13,16,20,23-24H,11-12,14-15H2,1-4H3,(H,30,31);5-10,13,19,23-24H,4,11-12,14-15H2,1-3H3,(H,29,30). The summed E-state index contributed by atoms with van der Waals surface area (Å²) < 4.78 is 32.5. The topological polar surface area (TPSA) is 177 Å². The minimum absolute atomic E-state index is 0.0669. The van der Waals surface area contributed by atoms with Gasteiger partial charge in [0.25, 0.3) is 0 Å². The number of likely N-dealkylation sites (tertiary alicyclic amines) is 2. The molecule has 2 amide bonds. The zero-order chi connectivity index (χ0) is 47.9. The highest BCUT2D eigenvalue weighted by atomic mass is 16.7. The molecule has 2 N–H and O–H groups in total. The van der Waals surface area contributed by atoms with Gasteiger partial charge in [-0.3, -0.25) is 29.0 Å². The summed E-state index contributed by atoms with van der Waals surface area (Å²) in [5, 5.41) is 20.7. The van der Waals surface area contributed by atoms with Crippen molar-refractivity contribution in [1.29, 1.82) is 0 Å². The van der Waals surface area contributed by atoms with E-state index >= 15 is 0 Å². The van der Waals surface area contributed by atoms with E-state index < -0.39 is 23.8 Å². The largest absolute Gasteiger partial charge is 0.497 e. The van der Waals surface area contributed by atoms with Crippen LogP contribution in [0.15, 0.2) is 84.9 Å². The molecule has 358 valence electrons. The van der Waals surface area contributed by atoms with Crippen LogP contribution in [0, 0.1) is 17.8 Å². The highest BCUT2D eigenvalue weighted by Gasteiger charge is 2.49. The maximum Gasteiger partial charge on any atom is 0.309 e. The Hall–Kier alpha value is -6.52. The molecular formula is C51H62N4O12. The van der Waals surface area contributed by atoms with Gasteiger partial charge < -0.3 is 48.4 Å². The Morgan fingerprint density at radius 3 is 1.37 bits per heavy atom. The Morgan fingerprint density at radius 2 is 1.00 bits per heavy atom. The van der Waals surface area contributed by atoms with Gasteiger partial charge in [0.15, 0.2) is 23.0 Å². The summed E-state index contributed by atoms with van der Waals surface area (Å²) in [7, 11) is 6.79. The van der Waals surface area contributed by atoms with E-state index in [1.807, 2.05) is 106 Å². The fourth-order valence-electron chi connectivity index (χ4n) is 9.78. The van der Waals surface area contributed by atoms with Crippen LogP contribution in [0.1, 0.15) is 73.4 Å². The van der Waals surface area contributed by atoms with Gasteiger partial charge in [-0.25, -0.2) is 0 Å². The van der Waals surface area contributed by atoms with Crippen molar-refractivity contribution in [3.05, 3.63) is 107 Å². The molecule has 0 radical (unpaired) electrons. The van der Waals surface area contributed by atoms with Crippen molar-refractivity contribution in [3.8, 4) is 34.5 Å². The first-order chi connectivity index (χ1) is 32.2. The van der Waals surface area contributed by atoms with Gasteiger partial charge in [0.2, 0.25) is 25.4 Å². The van der Waals surface area contributed by atoms with E-state index in [2.05, 4.69) is 9.80 Å². The maximum atomic E-state index is 12.6. The van der Waals surface area contributed by atoms with Crippen molar-refractivity contribution >= 4 is 23.8 Å². The van der Waals surface area contributed by atoms with E-state index in [1.54, 1.807) is 38.1 Å². The van der Waals surface area contributed by atoms with Crippen molar-refractivity contribution in [2.45, 2.75) is 51.1 Å². The number of carboxylic acids is 2. The molecule has 67 heavy (non-hydrogen) atoms. The number of carboxylic acid groups (broad SMARTS) is 2. The van der Waals surface area contributed by atoms with Gasteiger partial charge in [-0.1, -0.05) is 57.2 Å². The van der Waals surface area contributed by atoms with Crippen LogP contribution in [-0.2, 0) is 19.2 Å². The molecule has 2 saturated heterocycles. The van der Waals surface area contributed by atoms with E-state index in [1.165, 1.54) is 0 Å². The summed E-state index contributed by atoms with van der Waals surface area (Å²) >= 11 is 0. The third-order valence-corrected chi connectivity index (χ3v) is 13.4. The fraction of sp³-hybridized carbons (Fsp3) is 0.451. The monoisotopic (exact) mass is 922 g/mol. The quantitative estimate of drug-likeness (QED) is 0.124. The number of benzene rings is 4. The van der Waals surface area contributed by atoms with Crippen LogP contribution in [0.25, 0.3) is 0 Å². The first-order valence-electron chi connectivity index (χ1n) is 22.7. The molecule has 8 rings (SSSR count). The Labute approximate surface area is 391 Å². The van der Waals surface area contributed by atoms with Gasteiger partial charge in [0.1, 0.15) is 11.5 Å². The number of fused-ring (bicyclic) bond motifs is 2. The van der Waals surface area contributed by atoms with E-state index in [0.29, 0.717) is 68.7 Å². The molecule has 4 aromatic rings. The molecule has 0 aliphatic carbocycles. The lowest BCUT2D eigenvalue weighted by Gasteiger charge is -2.29. The third kappa shape index (κ3) is 10.7. The molecule has 6 unspecified atom stereocenters. The fourth-order valence-corrected chi connectivity index (χ4v) is 9.78. The van der Waals surface area contributed by atoms with Crippen molar-refractivity contribution in [3.63, 3.8) is 0 Å². The number of aliphatic carboxylic acids is 2. The molecular weight excluding hydrogens is 861 g/mol. The smallest absolute Gasteiger partial charge is 0.309 e. The molecule has 16 heteroatoms. The second kappa shape index (κ2) is 21.4. The summed E-state index contributed by atoms with van der Waals surface area (Å²) in [5.74, 6) is 0.605. The van der Waals surface area contributed by atoms with Gasteiger partial charge in [0, 0.05) is 89.6 Å². The summed E-state index contributed by atoms with van der Waals surface area (Å²) in [6.45, 7) is 9.23. The molecule has 4 heterocycles. The van der Waals surface area contributed by atoms with Crippen LogP contribution >= 0.6 is 0 Å². The first kappa shape index (κ1) is 48.4. The average Bonchev–Trinajstić information content (AvgIpc) is 4.16. The van der Waals surface area contributed by atoms with Crippen molar-refractivity contribution in [2.24, 2.45) is 17.8 Å². The number of amides is 2. The Kier molecular flexibility index (Phi) is 15.5. The molecule has 0 aromatic heterocycles. The summed E-state index contributed by atoms with van der Waals surface area (Å²) in [4.78, 5) is 57.5. The maximum absolute atomic E-state index is 12.6. The number of hydrogen-bond acceptors (Lipinski definition) is 12. The lowest BCUT2D eigenvalue weighted by Crippen LogP contribution is -2.38. The molecule has 4 aromatic carbocycles. The van der Waals surface area contributed by atoms with Crippen LogP contribution in [0.4, 0.5) is 0 Å². The van der Waals surface area contributed by atoms with Crippen molar-refractivity contribution in [1.82, 2.24) is 19.6 Å². The van der Waals surface area contributed by atoms with E-state index in [-0.39, 0.29) is 55.2 Å². The molecule has 6 atom stereocenters. The first-order valence-corrected chi connectivity index (χ1v) is 22.7. The number of carbonyl (C=O) groups excluding carboxylic acids is 2. The number of ether oxygens (including phenoxy) is 6. The van der Waals surface area contributed by atoms with Gasteiger partial charge in [-0.05, 0) is 70.8 Å². The van der Waals surface area contributed by atoms with Crippen LogP contribution < -0.4 is 28.4 Å². The Morgan fingerprint density at radius 1 is 0.612 bits per heavy atom. The van der Waals surface area contributed by atoms with Crippen LogP contribution in [0.2, 0.25) is 0 Å². The highest BCUT2D eigenvalue weighted by Crippen LogP contribution is 2.49. The predicted octanol–water partition coefficient (Wildman–Crippen LogP) is 6.51. The second-order valence-corrected chi connectivity index (χ2v) is 17.7. The lowest BCUT2D eigenvalue weighted by molar-refractivity contribution is -0.144. The number of methoxy groups -OCH3 is 2. The number of carbonyl (C=O) groups is 4. The number of likely N-dealkylation sites (N-methyl/N-ethyl adjacent to an activating group) is 2. The number of hydrogen-bond donors (Lipinski definition) is 2. The van der Waals surface area contributed by atoms with E-state index in [4.69, 9.17) is 28.4 Å². The molecule has 16 nitrogen and oxygen atoms in total. The van der Waals surface area contributed by atoms with Gasteiger partial charge in [0.05, 0.1) is 26.1 Å². The summed E-state index contributed by atoms with van der Waals surface area (Å²) in [6, 6.07) is 25.8. The molecule has 4 aliphatic heterocycles. The summed E-state index contributed by atoms with van der Waals surface area (Å²) in [5.41, 5.74) is 3.64. The Bertz CT molecular complexity index is 2380. The third-order valence-electron chi connectivity index (χ3n) is 13.4. The molecule has 0 bridgehead atoms. The zero-order valence-electron chi connectivity index (χ0n) is 39.3. The van der Waals surface area contributed by atoms with Crippen molar-refractivity contribution < 1.29 is 57.8 Å². The lowest BCUT2D eigenvalue weighted by atomic mass is 9.82. The number of rotatable bonds is 16. The molecule has 0 saturated carbocycles. The molecule has 0 spiro atoms. The van der Waals surface area contributed by atoms with Crippen LogP contribution in [-0.4, -0.2) is 135 Å². The van der Waals surface area contributed by atoms with Crippen LogP contribution in [0.5, 0.6) is 34.5 Å². The van der Waals surface area contributed by atoms with Gasteiger partial charge in [-0.2, -0.15) is 0 Å². The van der Waals surface area contributed by atoms with E-state index in [9.17, 15) is 29.4 Å². The summed E-state index contributed by atoms with van der Waals surface area (Å²) in [6.07, 6.45) is 0.440.